The number of aryl methyl sites for hydroxylation is 2. The Kier molecular flexibility index (Phi) is 4.92. The molecule has 0 fully saturated rings. The molecule has 0 radical (unpaired) electrons. The number of anilines is 1. The smallest absolute Gasteiger partial charge is 0.251 e. The number of nitrogen functional groups attached to an aromatic ring is 1. The van der Waals surface area contributed by atoms with Crippen LogP contribution in [0.15, 0.2) is 22.7 Å². The minimum Gasteiger partial charge on any atom is -0.444 e. The summed E-state index contributed by atoms with van der Waals surface area (Å²) < 4.78 is 5.44. The van der Waals surface area contributed by atoms with E-state index in [9.17, 15) is 4.79 Å². The van der Waals surface area contributed by atoms with Crippen LogP contribution in [0.5, 0.6) is 0 Å². The molecule has 0 aromatic carbocycles. The molecule has 6 heteroatoms. The van der Waals surface area contributed by atoms with Crippen molar-refractivity contribution in [2.45, 2.75) is 39.7 Å². The summed E-state index contributed by atoms with van der Waals surface area (Å²) in [5, 5.41) is 2.77. The molecule has 0 saturated carbocycles. The predicted molar refractivity (Wildman–Crippen MR) is 79.7 cm³/mol. The third-order valence-electron chi connectivity index (χ3n) is 3.02. The zero-order chi connectivity index (χ0) is 15.2. The molecule has 1 amide bonds. The highest BCUT2D eigenvalue weighted by Crippen LogP contribution is 2.10. The van der Waals surface area contributed by atoms with Crippen LogP contribution >= 0.6 is 0 Å². The van der Waals surface area contributed by atoms with Crippen molar-refractivity contribution in [3.05, 3.63) is 41.2 Å². The van der Waals surface area contributed by atoms with Crippen molar-refractivity contribution in [3.8, 4) is 0 Å². The van der Waals surface area contributed by atoms with Crippen molar-refractivity contribution in [1.82, 2.24) is 15.3 Å². The maximum Gasteiger partial charge on any atom is 0.251 e. The van der Waals surface area contributed by atoms with E-state index in [0.717, 1.165) is 30.7 Å². The minimum absolute atomic E-state index is 0.210. The number of carbonyl (C=O) groups is 1. The van der Waals surface area contributed by atoms with Crippen LogP contribution < -0.4 is 11.1 Å². The van der Waals surface area contributed by atoms with Gasteiger partial charge in [-0.3, -0.25) is 4.79 Å². The van der Waals surface area contributed by atoms with Gasteiger partial charge >= 0.3 is 0 Å². The summed E-state index contributed by atoms with van der Waals surface area (Å²) in [6.07, 6.45) is 4.20. The number of oxazole rings is 1. The van der Waals surface area contributed by atoms with E-state index >= 15 is 0 Å². The first-order valence-corrected chi connectivity index (χ1v) is 7.10. The summed E-state index contributed by atoms with van der Waals surface area (Å²) >= 11 is 0. The Labute approximate surface area is 123 Å². The third kappa shape index (κ3) is 4.05. The zero-order valence-corrected chi connectivity index (χ0v) is 12.3. The second-order valence-corrected chi connectivity index (χ2v) is 4.78. The van der Waals surface area contributed by atoms with Gasteiger partial charge in [-0.1, -0.05) is 20.3 Å². The van der Waals surface area contributed by atoms with Crippen LogP contribution in [0.3, 0.4) is 0 Å². The maximum absolute atomic E-state index is 12.1. The van der Waals surface area contributed by atoms with Crippen molar-refractivity contribution in [1.29, 1.82) is 0 Å². The molecule has 0 saturated heterocycles. The van der Waals surface area contributed by atoms with Crippen molar-refractivity contribution < 1.29 is 9.21 Å². The summed E-state index contributed by atoms with van der Waals surface area (Å²) in [4.78, 5) is 20.4. The number of nitrogens with two attached hydrogens (primary N) is 1. The van der Waals surface area contributed by atoms with E-state index in [2.05, 4.69) is 22.2 Å². The Bertz CT molecular complexity index is 622. The second-order valence-electron chi connectivity index (χ2n) is 4.78. The van der Waals surface area contributed by atoms with Gasteiger partial charge in [0.05, 0.1) is 12.7 Å². The van der Waals surface area contributed by atoms with Crippen LogP contribution in [0.1, 0.15) is 48.0 Å². The van der Waals surface area contributed by atoms with Crippen molar-refractivity contribution in [3.63, 3.8) is 0 Å². The van der Waals surface area contributed by atoms with E-state index in [-0.39, 0.29) is 12.5 Å². The summed E-state index contributed by atoms with van der Waals surface area (Å²) in [5.41, 5.74) is 7.07. The molecule has 21 heavy (non-hydrogen) atoms. The lowest BCUT2D eigenvalue weighted by Crippen LogP contribution is -2.23. The van der Waals surface area contributed by atoms with Crippen LogP contribution in [0.4, 0.5) is 5.82 Å². The number of hydrogen-bond donors (Lipinski definition) is 2. The topological polar surface area (TPSA) is 94.0 Å². The molecule has 0 aliphatic rings. The molecular formula is C15H20N4O2. The molecular weight excluding hydrogens is 268 g/mol. The first-order valence-electron chi connectivity index (χ1n) is 7.10. The number of aromatic nitrogens is 2. The quantitative estimate of drug-likeness (QED) is 0.849. The number of nitrogens with zero attached hydrogens (tertiary/aromatic N) is 2. The summed E-state index contributed by atoms with van der Waals surface area (Å²) in [7, 11) is 0. The lowest BCUT2D eigenvalue weighted by molar-refractivity contribution is 0.0947. The molecule has 2 rings (SSSR count). The molecule has 3 N–H and O–H groups in total. The normalized spacial score (nSPS) is 10.6. The lowest BCUT2D eigenvalue weighted by atomic mass is 10.1. The van der Waals surface area contributed by atoms with E-state index in [4.69, 9.17) is 10.2 Å². The Balaban J connectivity index is 2.02. The minimum atomic E-state index is -0.210. The highest BCUT2D eigenvalue weighted by molar-refractivity contribution is 5.94. The van der Waals surface area contributed by atoms with E-state index < -0.39 is 0 Å². The van der Waals surface area contributed by atoms with Crippen molar-refractivity contribution in [2.75, 3.05) is 5.73 Å². The molecule has 0 unspecified atom stereocenters. The van der Waals surface area contributed by atoms with Crippen LogP contribution in [0.25, 0.3) is 0 Å². The van der Waals surface area contributed by atoms with Gasteiger partial charge in [0.2, 0.25) is 5.89 Å². The van der Waals surface area contributed by atoms with Gasteiger partial charge in [-0.05, 0) is 18.6 Å². The molecule has 0 aliphatic heterocycles. The number of rotatable bonds is 6. The second kappa shape index (κ2) is 6.88. The molecule has 2 heterocycles. The van der Waals surface area contributed by atoms with Gasteiger partial charge in [0, 0.05) is 17.7 Å². The Morgan fingerprint density at radius 2 is 2.19 bits per heavy atom. The van der Waals surface area contributed by atoms with Gasteiger partial charge < -0.3 is 15.5 Å². The van der Waals surface area contributed by atoms with E-state index in [1.54, 1.807) is 18.3 Å². The van der Waals surface area contributed by atoms with Crippen molar-refractivity contribution >= 4 is 11.7 Å². The number of carbonyl (C=O) groups excluding carboxylic acids is 1. The lowest BCUT2D eigenvalue weighted by Gasteiger charge is -2.06. The Morgan fingerprint density at radius 3 is 2.86 bits per heavy atom. The number of amides is 1. The standard InChI is InChI=1S/C15H20N4O2/c1-3-5-11-6-10(7-13(16)19-11)15(20)18-9-14-17-8-12(4-2)21-14/h6-8H,3-5,9H2,1-2H3,(H2,16,19)(H,18,20). The summed E-state index contributed by atoms with van der Waals surface area (Å²) in [6.45, 7) is 4.29. The van der Waals surface area contributed by atoms with Gasteiger partial charge in [-0.15, -0.1) is 0 Å². The summed E-state index contributed by atoms with van der Waals surface area (Å²) in [5.74, 6) is 1.45. The molecule has 112 valence electrons. The van der Waals surface area contributed by atoms with Crippen LogP contribution in [-0.2, 0) is 19.4 Å². The van der Waals surface area contributed by atoms with Gasteiger partial charge in [-0.2, -0.15) is 0 Å². The fraction of sp³-hybridized carbons (Fsp3) is 0.400. The van der Waals surface area contributed by atoms with Crippen LogP contribution in [0, 0.1) is 0 Å². The third-order valence-corrected chi connectivity index (χ3v) is 3.02. The maximum atomic E-state index is 12.1. The molecule has 0 spiro atoms. The van der Waals surface area contributed by atoms with E-state index in [0.29, 0.717) is 17.3 Å². The molecule has 0 aliphatic carbocycles. The SMILES string of the molecule is CCCc1cc(C(=O)NCc2ncc(CC)o2)cc(N)n1. The fourth-order valence-electron chi connectivity index (χ4n) is 1.98. The van der Waals surface area contributed by atoms with Crippen LogP contribution in [-0.4, -0.2) is 15.9 Å². The molecule has 0 atom stereocenters. The molecule has 2 aromatic heterocycles. The fourth-order valence-corrected chi connectivity index (χ4v) is 1.98. The first kappa shape index (κ1) is 15.0. The number of hydrogen-bond acceptors (Lipinski definition) is 5. The van der Waals surface area contributed by atoms with E-state index in [1.807, 2.05) is 6.92 Å². The average Bonchev–Trinajstić information content (AvgIpc) is 2.92. The highest BCUT2D eigenvalue weighted by atomic mass is 16.4. The van der Waals surface area contributed by atoms with Gasteiger partial charge in [0.25, 0.3) is 5.91 Å². The van der Waals surface area contributed by atoms with E-state index in [1.165, 1.54) is 0 Å². The largest absolute Gasteiger partial charge is 0.444 e. The highest BCUT2D eigenvalue weighted by Gasteiger charge is 2.10. The average molecular weight is 288 g/mol. The molecule has 6 nitrogen and oxygen atoms in total. The van der Waals surface area contributed by atoms with Crippen LogP contribution in [0.2, 0.25) is 0 Å². The van der Waals surface area contributed by atoms with Gasteiger partial charge in [-0.25, -0.2) is 9.97 Å². The Hall–Kier alpha value is -2.37. The predicted octanol–water partition coefficient (Wildman–Crippen LogP) is 2.10. The number of nitrogens with one attached hydrogen (secondary N) is 1. The first-order chi connectivity index (χ1) is 10.1. The number of pyridine rings is 1. The monoisotopic (exact) mass is 288 g/mol. The Morgan fingerprint density at radius 1 is 1.38 bits per heavy atom. The zero-order valence-electron chi connectivity index (χ0n) is 12.3. The molecule has 0 bridgehead atoms. The molecule has 2 aromatic rings. The van der Waals surface area contributed by atoms with Crippen molar-refractivity contribution in [2.24, 2.45) is 0 Å². The van der Waals surface area contributed by atoms with Gasteiger partial charge in [0.1, 0.15) is 11.6 Å². The summed E-state index contributed by atoms with van der Waals surface area (Å²) in [6, 6.07) is 3.34. The van der Waals surface area contributed by atoms with Gasteiger partial charge in [0.15, 0.2) is 0 Å².